The summed E-state index contributed by atoms with van der Waals surface area (Å²) in [5.74, 6) is -0.00246. The molecule has 2 heterocycles. The van der Waals surface area contributed by atoms with Crippen molar-refractivity contribution in [2.75, 3.05) is 51.1 Å². The van der Waals surface area contributed by atoms with Crippen molar-refractivity contribution in [1.29, 1.82) is 0 Å². The molecule has 1 amide bonds. The van der Waals surface area contributed by atoms with Crippen LogP contribution >= 0.6 is 0 Å². The number of nitrogens with zero attached hydrogens (tertiary/aromatic N) is 1. The van der Waals surface area contributed by atoms with E-state index < -0.39 is 29.5 Å². The Morgan fingerprint density at radius 2 is 1.76 bits per heavy atom. The van der Waals surface area contributed by atoms with E-state index in [4.69, 9.17) is 28.8 Å². The van der Waals surface area contributed by atoms with Crippen LogP contribution in [-0.2, 0) is 29.9 Å². The molecule has 1 fully saturated rings. The number of hydrogen-bond acceptors (Lipinski definition) is 9. The highest BCUT2D eigenvalue weighted by molar-refractivity contribution is 5.95. The van der Waals surface area contributed by atoms with E-state index >= 15 is 0 Å². The Labute approximate surface area is 230 Å². The molecule has 0 bridgehead atoms. The zero-order valence-corrected chi connectivity index (χ0v) is 21.4. The number of pyridine rings is 1. The summed E-state index contributed by atoms with van der Waals surface area (Å²) < 4.78 is 65.4. The molecular formula is C27H25F3N2O9. The standard InChI is InChI=1S/C27H25F3N2O9/c28-27(29,30)22-4-2-1-3-20(22)23-13-17-5-6-18(14-21(17)24(34)31-23)32-15-19(41-25(32)35)16-40-26(36)39-12-11-38-10-9-37-8-7-33/h1-6,13-14,16,33H,7-12,15H2,(H,31,34)/b19-16-. The van der Waals surface area contributed by atoms with Crippen molar-refractivity contribution in [3.05, 3.63) is 76.5 Å². The van der Waals surface area contributed by atoms with Gasteiger partial charge in [-0.3, -0.25) is 9.69 Å². The van der Waals surface area contributed by atoms with Gasteiger partial charge in [0.1, 0.15) is 12.9 Å². The minimum absolute atomic E-state index is 0.00246. The van der Waals surface area contributed by atoms with Gasteiger partial charge in [-0.05, 0) is 29.7 Å². The lowest BCUT2D eigenvalue weighted by Gasteiger charge is -2.15. The van der Waals surface area contributed by atoms with E-state index in [1.165, 1.54) is 47.4 Å². The molecule has 2 aromatic carbocycles. The minimum atomic E-state index is -4.61. The second-order valence-corrected chi connectivity index (χ2v) is 8.53. The first-order valence-electron chi connectivity index (χ1n) is 12.3. The van der Waals surface area contributed by atoms with Crippen LogP contribution < -0.4 is 10.5 Å². The number of rotatable bonds is 11. The number of aromatic amines is 1. The van der Waals surface area contributed by atoms with Gasteiger partial charge in [0, 0.05) is 22.3 Å². The Morgan fingerprint density at radius 1 is 1.02 bits per heavy atom. The molecule has 0 unspecified atom stereocenters. The van der Waals surface area contributed by atoms with E-state index in [2.05, 4.69) is 4.98 Å². The van der Waals surface area contributed by atoms with Crippen LogP contribution in [-0.4, -0.2) is 68.5 Å². The number of aliphatic hydroxyl groups is 1. The maximum atomic E-state index is 13.5. The number of aromatic nitrogens is 1. The molecular weight excluding hydrogens is 553 g/mol. The Bertz CT molecular complexity index is 1490. The van der Waals surface area contributed by atoms with E-state index in [-0.39, 0.29) is 74.3 Å². The van der Waals surface area contributed by atoms with Crippen LogP contribution in [0.5, 0.6) is 0 Å². The first-order chi connectivity index (χ1) is 19.7. The molecule has 1 saturated heterocycles. The number of H-pyrrole nitrogens is 1. The van der Waals surface area contributed by atoms with E-state index in [1.54, 1.807) is 0 Å². The molecule has 0 atom stereocenters. The van der Waals surface area contributed by atoms with Crippen molar-refractivity contribution in [3.8, 4) is 11.3 Å². The lowest BCUT2D eigenvalue weighted by Crippen LogP contribution is -2.23. The second-order valence-electron chi connectivity index (χ2n) is 8.53. The summed E-state index contributed by atoms with van der Waals surface area (Å²) in [6, 6.07) is 10.8. The molecule has 4 rings (SSSR count). The molecule has 11 nitrogen and oxygen atoms in total. The molecule has 2 N–H and O–H groups in total. The summed E-state index contributed by atoms with van der Waals surface area (Å²) in [6.45, 7) is 0.519. The number of aliphatic hydroxyl groups excluding tert-OH is 1. The smallest absolute Gasteiger partial charge is 0.432 e. The third kappa shape index (κ3) is 7.63. The number of ether oxygens (including phenoxy) is 5. The molecule has 0 saturated carbocycles. The van der Waals surface area contributed by atoms with Crippen molar-refractivity contribution in [2.45, 2.75) is 6.18 Å². The van der Waals surface area contributed by atoms with Gasteiger partial charge in [-0.2, -0.15) is 13.2 Å². The van der Waals surface area contributed by atoms with Crippen LogP contribution in [0.4, 0.5) is 28.4 Å². The number of cyclic esters (lactones) is 1. The van der Waals surface area contributed by atoms with Gasteiger partial charge in [-0.1, -0.05) is 24.3 Å². The lowest BCUT2D eigenvalue weighted by molar-refractivity contribution is -0.137. The molecule has 1 aliphatic rings. The highest BCUT2D eigenvalue weighted by Gasteiger charge is 2.34. The summed E-state index contributed by atoms with van der Waals surface area (Å²) in [5.41, 5.74) is -1.42. The van der Waals surface area contributed by atoms with E-state index in [0.717, 1.165) is 12.3 Å². The Hall–Kier alpha value is -4.40. The van der Waals surface area contributed by atoms with Gasteiger partial charge in [0.25, 0.3) is 5.56 Å². The third-order valence-corrected chi connectivity index (χ3v) is 5.76. The van der Waals surface area contributed by atoms with E-state index in [9.17, 15) is 27.6 Å². The van der Waals surface area contributed by atoms with Gasteiger partial charge in [-0.15, -0.1) is 0 Å². The first kappa shape index (κ1) is 29.6. The topological polar surface area (TPSA) is 137 Å². The van der Waals surface area contributed by atoms with E-state index in [0.29, 0.717) is 5.39 Å². The molecule has 3 aromatic rings. The zero-order valence-electron chi connectivity index (χ0n) is 21.4. The minimum Gasteiger partial charge on any atom is -0.432 e. The Morgan fingerprint density at radius 3 is 2.51 bits per heavy atom. The van der Waals surface area contributed by atoms with Crippen LogP contribution in [0.2, 0.25) is 0 Å². The van der Waals surface area contributed by atoms with Gasteiger partial charge >= 0.3 is 18.4 Å². The van der Waals surface area contributed by atoms with Gasteiger partial charge in [0.15, 0.2) is 5.76 Å². The number of carbonyl (C=O) groups is 2. The predicted octanol–water partition coefficient (Wildman–Crippen LogP) is 4.19. The summed E-state index contributed by atoms with van der Waals surface area (Å²) in [5, 5.41) is 9.09. The summed E-state index contributed by atoms with van der Waals surface area (Å²) in [7, 11) is 0. The van der Waals surface area contributed by atoms with Gasteiger partial charge in [0.05, 0.1) is 45.1 Å². The van der Waals surface area contributed by atoms with E-state index in [1.807, 2.05) is 0 Å². The molecule has 0 aliphatic carbocycles. The maximum Gasteiger partial charge on any atom is 0.513 e. The number of hydrogen-bond donors (Lipinski definition) is 2. The second kappa shape index (κ2) is 13.3. The molecule has 0 radical (unpaired) electrons. The highest BCUT2D eigenvalue weighted by Crippen LogP contribution is 2.36. The number of nitrogens with one attached hydrogen (secondary N) is 1. The number of halogens is 3. The molecule has 218 valence electrons. The molecule has 0 spiro atoms. The molecule has 1 aliphatic heterocycles. The number of amides is 1. The largest absolute Gasteiger partial charge is 0.513 e. The highest BCUT2D eigenvalue weighted by atomic mass is 19.4. The van der Waals surface area contributed by atoms with Crippen LogP contribution in [0.15, 0.2) is 65.3 Å². The van der Waals surface area contributed by atoms with Gasteiger partial charge in [0.2, 0.25) is 0 Å². The van der Waals surface area contributed by atoms with Crippen LogP contribution in [0.25, 0.3) is 22.0 Å². The van der Waals surface area contributed by atoms with Crippen LogP contribution in [0, 0.1) is 0 Å². The van der Waals surface area contributed by atoms with Crippen molar-refractivity contribution in [1.82, 2.24) is 4.98 Å². The zero-order chi connectivity index (χ0) is 29.4. The molecule has 1 aromatic heterocycles. The number of benzene rings is 2. The van der Waals surface area contributed by atoms with Crippen molar-refractivity contribution in [2.24, 2.45) is 0 Å². The number of carbonyl (C=O) groups excluding carboxylic acids is 2. The monoisotopic (exact) mass is 578 g/mol. The summed E-state index contributed by atoms with van der Waals surface area (Å²) in [6.07, 6.45) is -5.54. The number of fused-ring (bicyclic) bond motifs is 1. The summed E-state index contributed by atoms with van der Waals surface area (Å²) >= 11 is 0. The average molecular weight is 578 g/mol. The third-order valence-electron chi connectivity index (χ3n) is 5.76. The number of alkyl halides is 3. The Kier molecular flexibility index (Phi) is 9.60. The lowest BCUT2D eigenvalue weighted by atomic mass is 10.0. The fourth-order valence-electron chi connectivity index (χ4n) is 3.92. The van der Waals surface area contributed by atoms with Gasteiger partial charge in [-0.25, -0.2) is 9.59 Å². The maximum absolute atomic E-state index is 13.5. The Balaban J connectivity index is 1.38. The number of anilines is 1. The van der Waals surface area contributed by atoms with Crippen molar-refractivity contribution < 1.29 is 51.6 Å². The SMILES string of the molecule is O=C(O/C=C1/CN(c2ccc3cc(-c4ccccc4C(F)(F)F)[nH]c(=O)c3c2)C(=O)O1)OCCOCCOCCO. The molecule has 14 heteroatoms. The summed E-state index contributed by atoms with van der Waals surface area (Å²) in [4.78, 5) is 40.7. The van der Waals surface area contributed by atoms with Crippen molar-refractivity contribution in [3.63, 3.8) is 0 Å². The van der Waals surface area contributed by atoms with Crippen LogP contribution in [0.1, 0.15) is 5.56 Å². The normalized spacial score (nSPS) is 14.5. The fourth-order valence-corrected chi connectivity index (χ4v) is 3.92. The quantitative estimate of drug-likeness (QED) is 0.195. The van der Waals surface area contributed by atoms with Gasteiger partial charge < -0.3 is 33.8 Å². The van der Waals surface area contributed by atoms with Crippen LogP contribution in [0.3, 0.4) is 0 Å². The molecule has 41 heavy (non-hydrogen) atoms. The van der Waals surface area contributed by atoms with Crippen molar-refractivity contribution >= 4 is 28.7 Å². The fraction of sp³-hybridized carbons (Fsp3) is 0.296. The predicted molar refractivity (Wildman–Crippen MR) is 138 cm³/mol. The first-order valence-corrected chi connectivity index (χ1v) is 12.3. The average Bonchev–Trinajstić information content (AvgIpc) is 3.33.